The summed E-state index contributed by atoms with van der Waals surface area (Å²) in [7, 11) is 0. The van der Waals surface area contributed by atoms with Gasteiger partial charge in [0.1, 0.15) is 0 Å². The summed E-state index contributed by atoms with van der Waals surface area (Å²) in [4.78, 5) is 0. The minimum atomic E-state index is 0. The van der Waals surface area contributed by atoms with Crippen molar-refractivity contribution in [2.45, 2.75) is 6.92 Å². The SMILES string of the molecule is Cc1[c-]c#ccc1.[Br-].[Mg+2]. The number of hydrogen-bond donors (Lipinski definition) is 0. The van der Waals surface area contributed by atoms with Crippen molar-refractivity contribution in [3.8, 4) is 0 Å². The van der Waals surface area contributed by atoms with E-state index in [1.165, 1.54) is 0 Å². The summed E-state index contributed by atoms with van der Waals surface area (Å²) in [6, 6.07) is 12.1. The molecule has 0 aromatic heterocycles. The van der Waals surface area contributed by atoms with Gasteiger partial charge in [-0.1, -0.05) is 6.92 Å². The molecule has 0 N–H and O–H groups in total. The van der Waals surface area contributed by atoms with Crippen LogP contribution in [0.15, 0.2) is 12.1 Å². The van der Waals surface area contributed by atoms with Crippen LogP contribution in [0.1, 0.15) is 5.56 Å². The zero-order valence-corrected chi connectivity index (χ0v) is 8.24. The van der Waals surface area contributed by atoms with E-state index in [9.17, 15) is 0 Å². The van der Waals surface area contributed by atoms with Crippen molar-refractivity contribution in [1.82, 2.24) is 0 Å². The molecule has 1 aromatic carbocycles. The van der Waals surface area contributed by atoms with E-state index in [4.69, 9.17) is 0 Å². The molecule has 2 heteroatoms. The molecule has 1 aromatic rings. The predicted molar refractivity (Wildman–Crippen MR) is 33.4 cm³/mol. The van der Waals surface area contributed by atoms with Gasteiger partial charge in [0.25, 0.3) is 0 Å². The Morgan fingerprint density at radius 2 is 2.22 bits per heavy atom. The summed E-state index contributed by atoms with van der Waals surface area (Å²) in [5.41, 5.74) is 1.11. The first-order valence-electron chi connectivity index (χ1n) is 2.16. The molecule has 9 heavy (non-hydrogen) atoms. The van der Waals surface area contributed by atoms with Gasteiger partial charge in [0.2, 0.25) is 0 Å². The molecule has 0 aliphatic carbocycles. The second-order valence-corrected chi connectivity index (χ2v) is 1.41. The van der Waals surface area contributed by atoms with Gasteiger partial charge in [-0.15, -0.1) is 12.1 Å². The van der Waals surface area contributed by atoms with Crippen molar-refractivity contribution < 1.29 is 17.0 Å². The van der Waals surface area contributed by atoms with Crippen LogP contribution in [0.25, 0.3) is 0 Å². The zero-order chi connectivity index (χ0) is 5.11. The summed E-state index contributed by atoms with van der Waals surface area (Å²) >= 11 is 0. The summed E-state index contributed by atoms with van der Waals surface area (Å²) in [5.74, 6) is 0. The Balaban J connectivity index is 0. The summed E-state index contributed by atoms with van der Waals surface area (Å²) < 4.78 is 0. The van der Waals surface area contributed by atoms with Crippen LogP contribution in [0.2, 0.25) is 0 Å². The summed E-state index contributed by atoms with van der Waals surface area (Å²) in [6.45, 7) is 1.98. The van der Waals surface area contributed by atoms with Crippen molar-refractivity contribution in [3.63, 3.8) is 0 Å². The third-order valence-corrected chi connectivity index (χ3v) is 0.749. The van der Waals surface area contributed by atoms with Crippen LogP contribution in [0.3, 0.4) is 0 Å². The minimum absolute atomic E-state index is 0. The molecule has 0 bridgehead atoms. The Labute approximate surface area is 82.6 Å². The van der Waals surface area contributed by atoms with Crippen LogP contribution in [0, 0.1) is 25.1 Å². The van der Waals surface area contributed by atoms with Gasteiger partial charge in [-0.25, -0.2) is 12.1 Å². The maximum Gasteiger partial charge on any atom is 2.00 e. The number of hydrogen-bond acceptors (Lipinski definition) is 0. The van der Waals surface area contributed by atoms with Crippen molar-refractivity contribution in [2.24, 2.45) is 0 Å². The van der Waals surface area contributed by atoms with E-state index in [1.54, 1.807) is 0 Å². The Kier molecular flexibility index (Phi) is 8.55. The first kappa shape index (κ1) is 12.0. The van der Waals surface area contributed by atoms with Gasteiger partial charge in [0.15, 0.2) is 0 Å². The van der Waals surface area contributed by atoms with E-state index in [0.29, 0.717) is 0 Å². The standard InChI is InChI=1S/C7H5.BrH.Mg/c1-7-5-3-2-4-6-7;;/h3,5H,1H3;1H;/q-1;;+2/p-1. The molecular formula is C7H5BrMg. The fraction of sp³-hybridized carbons (Fsp3) is 0.143. The largest absolute Gasteiger partial charge is 2.00 e. The first-order chi connectivity index (χ1) is 3.39. The molecule has 0 fully saturated rings. The van der Waals surface area contributed by atoms with Gasteiger partial charge < -0.3 is 17.0 Å². The van der Waals surface area contributed by atoms with Crippen molar-refractivity contribution in [1.29, 1.82) is 0 Å². The Bertz CT molecular complexity index is 139. The summed E-state index contributed by atoms with van der Waals surface area (Å²) in [5, 5.41) is 0. The molecule has 0 aliphatic heterocycles. The van der Waals surface area contributed by atoms with Crippen LogP contribution in [-0.2, 0) is 0 Å². The van der Waals surface area contributed by atoms with E-state index >= 15 is 0 Å². The third-order valence-electron chi connectivity index (χ3n) is 0.749. The number of aryl methyl sites for hydroxylation is 1. The van der Waals surface area contributed by atoms with Gasteiger partial charge >= 0.3 is 23.1 Å². The van der Waals surface area contributed by atoms with E-state index in [2.05, 4.69) is 18.2 Å². The van der Waals surface area contributed by atoms with E-state index in [1.807, 2.05) is 19.1 Å². The van der Waals surface area contributed by atoms with Gasteiger partial charge in [-0.3, -0.25) is 0 Å². The van der Waals surface area contributed by atoms with Crippen molar-refractivity contribution in [3.05, 3.63) is 35.9 Å². The molecule has 0 saturated heterocycles. The molecule has 42 valence electrons. The molecule has 0 unspecified atom stereocenters. The molecule has 0 nitrogen and oxygen atoms in total. The fourth-order valence-electron chi connectivity index (χ4n) is 0.385. The summed E-state index contributed by atoms with van der Waals surface area (Å²) in [6.07, 6.45) is 0. The van der Waals surface area contributed by atoms with Crippen molar-refractivity contribution in [2.75, 3.05) is 0 Å². The Hall–Kier alpha value is 0.286. The molecular weight excluding hydrogens is 188 g/mol. The Morgan fingerprint density at radius 3 is 2.44 bits per heavy atom. The van der Waals surface area contributed by atoms with E-state index in [-0.39, 0.29) is 40.0 Å². The molecule has 0 amide bonds. The maximum atomic E-state index is 2.85. The smallest absolute Gasteiger partial charge is 1.00 e. The van der Waals surface area contributed by atoms with Crippen LogP contribution < -0.4 is 17.0 Å². The normalized spacial score (nSPS) is 5.89. The van der Waals surface area contributed by atoms with E-state index < -0.39 is 0 Å². The zero-order valence-electron chi connectivity index (χ0n) is 5.24. The van der Waals surface area contributed by atoms with Crippen molar-refractivity contribution >= 4 is 23.1 Å². The van der Waals surface area contributed by atoms with Gasteiger partial charge in [-0.05, 0) is 0 Å². The van der Waals surface area contributed by atoms with Gasteiger partial charge in [0, 0.05) is 0 Å². The van der Waals surface area contributed by atoms with Gasteiger partial charge in [-0.2, -0.15) is 11.6 Å². The monoisotopic (exact) mass is 192 g/mol. The second-order valence-electron chi connectivity index (χ2n) is 1.41. The first-order valence-corrected chi connectivity index (χ1v) is 2.16. The van der Waals surface area contributed by atoms with Crippen LogP contribution >= 0.6 is 0 Å². The number of rotatable bonds is 0. The minimum Gasteiger partial charge on any atom is -1.00 e. The molecule has 0 saturated carbocycles. The van der Waals surface area contributed by atoms with Crippen LogP contribution in [-0.4, -0.2) is 23.1 Å². The second kappa shape index (κ2) is 6.41. The maximum absolute atomic E-state index is 2.85. The number of halogens is 1. The topological polar surface area (TPSA) is 0 Å². The van der Waals surface area contributed by atoms with Crippen LogP contribution in [0.5, 0.6) is 0 Å². The average molecular weight is 193 g/mol. The quantitative estimate of drug-likeness (QED) is 0.331. The molecule has 0 spiro atoms. The molecule has 1 rings (SSSR count). The fourth-order valence-corrected chi connectivity index (χ4v) is 0.385. The van der Waals surface area contributed by atoms with E-state index in [0.717, 1.165) is 5.56 Å². The third kappa shape index (κ3) is 4.77. The molecule has 0 heterocycles. The Morgan fingerprint density at radius 1 is 1.56 bits per heavy atom. The molecule has 0 atom stereocenters. The van der Waals surface area contributed by atoms with Crippen LogP contribution in [0.4, 0.5) is 0 Å². The predicted octanol–water partition coefficient (Wildman–Crippen LogP) is -1.98. The molecule has 0 aliphatic rings. The average Bonchev–Trinajstić information content (AvgIpc) is 1.69. The molecule has 0 radical (unpaired) electrons. The van der Waals surface area contributed by atoms with Gasteiger partial charge in [0.05, 0.1) is 0 Å².